The highest BCUT2D eigenvalue weighted by Gasteiger charge is 2.26. The van der Waals surface area contributed by atoms with Crippen molar-refractivity contribution in [1.82, 2.24) is 15.3 Å². The molecular formula is C20H25N3O5S. The molecule has 0 radical (unpaired) electrons. The second-order valence-corrected chi connectivity index (χ2v) is 8.89. The molecule has 1 aromatic heterocycles. The number of amides is 1. The molecule has 2 rings (SSSR count). The van der Waals surface area contributed by atoms with Gasteiger partial charge in [0, 0.05) is 31.0 Å². The van der Waals surface area contributed by atoms with Crippen LogP contribution < -0.4 is 10.1 Å². The number of nitrogens with zero attached hydrogens (tertiary/aromatic N) is 2. The number of rotatable bonds is 8. The third-order valence-electron chi connectivity index (χ3n) is 3.98. The number of carbonyl (C=O) groups excluding carboxylic acids is 1. The van der Waals surface area contributed by atoms with Crippen LogP contribution in [0.15, 0.2) is 48.0 Å². The van der Waals surface area contributed by atoms with E-state index in [9.17, 15) is 13.2 Å². The fourth-order valence-corrected chi connectivity index (χ4v) is 2.70. The zero-order valence-corrected chi connectivity index (χ0v) is 17.9. The first kappa shape index (κ1) is 22.5. The molecule has 1 N–H and O–H groups in total. The van der Waals surface area contributed by atoms with Gasteiger partial charge in [-0.3, -0.25) is 4.79 Å². The molecule has 0 aliphatic rings. The van der Waals surface area contributed by atoms with Gasteiger partial charge in [-0.15, -0.1) is 0 Å². The van der Waals surface area contributed by atoms with Crippen LogP contribution >= 0.6 is 0 Å². The monoisotopic (exact) mass is 419 g/mol. The van der Waals surface area contributed by atoms with Crippen molar-refractivity contribution >= 4 is 15.7 Å². The van der Waals surface area contributed by atoms with E-state index in [0.717, 1.165) is 11.7 Å². The maximum Gasteiger partial charge on any atom is 0.258 e. The standard InChI is InChI=1S/C20H25N3O5S/c1-14(11-12-29(5,25)26)22-17(24)16-13-21-19(20(2,3)27-4)23-18(16)28-15-9-7-6-8-10-15/h6-14H,1-5H3,(H,22,24). The van der Waals surface area contributed by atoms with Gasteiger partial charge in [-0.1, -0.05) is 24.3 Å². The predicted molar refractivity (Wildman–Crippen MR) is 109 cm³/mol. The molecule has 0 saturated carbocycles. The highest BCUT2D eigenvalue weighted by molar-refractivity contribution is 7.93. The Morgan fingerprint density at radius 1 is 1.24 bits per heavy atom. The van der Waals surface area contributed by atoms with Crippen molar-refractivity contribution < 1.29 is 22.7 Å². The van der Waals surface area contributed by atoms with E-state index in [1.165, 1.54) is 19.4 Å². The largest absolute Gasteiger partial charge is 0.438 e. The van der Waals surface area contributed by atoms with E-state index < -0.39 is 27.4 Å². The summed E-state index contributed by atoms with van der Waals surface area (Å²) >= 11 is 0. The third-order valence-corrected chi connectivity index (χ3v) is 4.63. The first-order valence-corrected chi connectivity index (χ1v) is 10.8. The number of hydrogen-bond acceptors (Lipinski definition) is 7. The van der Waals surface area contributed by atoms with E-state index in [2.05, 4.69) is 15.3 Å². The molecule has 1 unspecified atom stereocenters. The molecule has 1 amide bonds. The number of para-hydroxylation sites is 1. The number of nitrogens with one attached hydrogen (secondary N) is 1. The van der Waals surface area contributed by atoms with Gasteiger partial charge in [-0.25, -0.2) is 13.4 Å². The lowest BCUT2D eigenvalue weighted by atomic mass is 10.1. The van der Waals surface area contributed by atoms with E-state index in [-0.39, 0.29) is 11.4 Å². The number of ether oxygens (including phenoxy) is 2. The van der Waals surface area contributed by atoms with Crippen molar-refractivity contribution in [2.24, 2.45) is 0 Å². The molecule has 1 atom stereocenters. The zero-order chi connectivity index (χ0) is 21.7. The Bertz CT molecular complexity index is 988. The fraction of sp³-hybridized carbons (Fsp3) is 0.350. The SMILES string of the molecule is COC(C)(C)c1ncc(C(=O)NC(C)C=CS(C)(=O)=O)c(Oc2ccccc2)n1. The highest BCUT2D eigenvalue weighted by atomic mass is 32.2. The van der Waals surface area contributed by atoms with Gasteiger partial charge in [0.15, 0.2) is 15.7 Å². The van der Waals surface area contributed by atoms with Crippen molar-refractivity contribution in [2.75, 3.05) is 13.4 Å². The number of aromatic nitrogens is 2. The molecule has 1 heterocycles. The lowest BCUT2D eigenvalue weighted by Gasteiger charge is -2.22. The molecular weight excluding hydrogens is 394 g/mol. The molecule has 0 fully saturated rings. The number of hydrogen-bond donors (Lipinski definition) is 1. The van der Waals surface area contributed by atoms with Gasteiger partial charge in [0.05, 0.1) is 0 Å². The van der Waals surface area contributed by atoms with E-state index in [4.69, 9.17) is 9.47 Å². The average Bonchev–Trinajstić information content (AvgIpc) is 2.66. The summed E-state index contributed by atoms with van der Waals surface area (Å²) in [5.74, 6) is 0.436. The van der Waals surface area contributed by atoms with Crippen LogP contribution in [0, 0.1) is 0 Å². The lowest BCUT2D eigenvalue weighted by molar-refractivity contribution is 0.0110. The zero-order valence-electron chi connectivity index (χ0n) is 17.0. The Morgan fingerprint density at radius 2 is 1.90 bits per heavy atom. The summed E-state index contributed by atoms with van der Waals surface area (Å²) in [5.41, 5.74) is -0.668. The predicted octanol–water partition coefficient (Wildman–Crippen LogP) is 2.83. The van der Waals surface area contributed by atoms with Gasteiger partial charge in [0.2, 0.25) is 5.88 Å². The molecule has 9 heteroatoms. The Labute approximate surface area is 170 Å². The molecule has 0 aliphatic carbocycles. The summed E-state index contributed by atoms with van der Waals surface area (Å²) < 4.78 is 33.8. The Hall–Kier alpha value is -2.78. The van der Waals surface area contributed by atoms with Crippen LogP contribution in [0.1, 0.15) is 37.0 Å². The maximum atomic E-state index is 12.7. The number of sulfone groups is 1. The summed E-state index contributed by atoms with van der Waals surface area (Å²) in [4.78, 5) is 21.4. The average molecular weight is 420 g/mol. The topological polar surface area (TPSA) is 107 Å². The molecule has 0 saturated heterocycles. The smallest absolute Gasteiger partial charge is 0.258 e. The van der Waals surface area contributed by atoms with E-state index in [1.807, 2.05) is 6.07 Å². The van der Waals surface area contributed by atoms with Gasteiger partial charge < -0.3 is 14.8 Å². The van der Waals surface area contributed by atoms with Gasteiger partial charge >= 0.3 is 0 Å². The molecule has 29 heavy (non-hydrogen) atoms. The number of benzene rings is 1. The second-order valence-electron chi connectivity index (χ2n) is 6.96. The van der Waals surface area contributed by atoms with Crippen LogP contribution in [0.4, 0.5) is 0 Å². The maximum absolute atomic E-state index is 12.7. The molecule has 8 nitrogen and oxygen atoms in total. The van der Waals surface area contributed by atoms with Crippen LogP contribution in [0.3, 0.4) is 0 Å². The minimum Gasteiger partial charge on any atom is -0.438 e. The molecule has 0 bridgehead atoms. The molecule has 2 aromatic rings. The minimum absolute atomic E-state index is 0.0723. The van der Waals surface area contributed by atoms with Crippen molar-refractivity contribution in [3.8, 4) is 11.6 Å². The van der Waals surface area contributed by atoms with Crippen molar-refractivity contribution in [2.45, 2.75) is 32.4 Å². The molecule has 156 valence electrons. The number of methoxy groups -OCH3 is 1. The summed E-state index contributed by atoms with van der Waals surface area (Å²) in [7, 11) is -1.75. The second kappa shape index (κ2) is 9.15. The van der Waals surface area contributed by atoms with Gasteiger partial charge in [0.25, 0.3) is 5.91 Å². The lowest BCUT2D eigenvalue weighted by Crippen LogP contribution is -2.32. The fourth-order valence-electron chi connectivity index (χ4n) is 2.17. The first-order chi connectivity index (χ1) is 13.5. The van der Waals surface area contributed by atoms with Crippen molar-refractivity contribution in [3.05, 3.63) is 59.4 Å². The Kier molecular flexibility index (Phi) is 7.10. The number of carbonyl (C=O) groups is 1. The van der Waals surface area contributed by atoms with Crippen molar-refractivity contribution in [1.29, 1.82) is 0 Å². The van der Waals surface area contributed by atoms with Crippen LogP contribution in [0.2, 0.25) is 0 Å². The third kappa shape index (κ3) is 6.65. The van der Waals surface area contributed by atoms with Crippen LogP contribution in [-0.4, -0.2) is 43.7 Å². The minimum atomic E-state index is -3.29. The summed E-state index contributed by atoms with van der Waals surface area (Å²) in [6, 6.07) is 8.39. The Morgan fingerprint density at radius 3 is 2.48 bits per heavy atom. The summed E-state index contributed by atoms with van der Waals surface area (Å²) in [5, 5.41) is 3.73. The van der Waals surface area contributed by atoms with E-state index in [1.54, 1.807) is 45.0 Å². The molecule has 0 aliphatic heterocycles. The van der Waals surface area contributed by atoms with Crippen LogP contribution in [-0.2, 0) is 20.2 Å². The normalized spacial score (nSPS) is 13.3. The Balaban J connectivity index is 2.36. The summed E-state index contributed by atoms with van der Waals surface area (Å²) in [6.07, 6.45) is 3.83. The van der Waals surface area contributed by atoms with E-state index in [0.29, 0.717) is 11.6 Å². The molecule has 1 aromatic carbocycles. The first-order valence-electron chi connectivity index (χ1n) is 8.86. The van der Waals surface area contributed by atoms with Gasteiger partial charge in [-0.2, -0.15) is 4.98 Å². The van der Waals surface area contributed by atoms with Crippen LogP contribution in [0.5, 0.6) is 11.6 Å². The van der Waals surface area contributed by atoms with Gasteiger partial charge in [-0.05, 0) is 32.9 Å². The van der Waals surface area contributed by atoms with Gasteiger partial charge in [0.1, 0.15) is 16.9 Å². The quantitative estimate of drug-likeness (QED) is 0.701. The summed E-state index contributed by atoms with van der Waals surface area (Å²) in [6.45, 7) is 5.25. The van der Waals surface area contributed by atoms with Crippen LogP contribution in [0.25, 0.3) is 0 Å². The van der Waals surface area contributed by atoms with Crippen molar-refractivity contribution in [3.63, 3.8) is 0 Å². The van der Waals surface area contributed by atoms with E-state index >= 15 is 0 Å². The molecule has 0 spiro atoms. The highest BCUT2D eigenvalue weighted by Crippen LogP contribution is 2.27.